The van der Waals surface area contributed by atoms with Gasteiger partial charge in [0.05, 0.1) is 11.6 Å². The van der Waals surface area contributed by atoms with E-state index in [1.807, 2.05) is 18.2 Å². The highest BCUT2D eigenvalue weighted by Gasteiger charge is 2.53. The molecule has 3 aliphatic carbocycles. The number of hydrogen-bond donors (Lipinski definition) is 1. The number of nitrogens with one attached hydrogen (secondary N) is 1. The first-order chi connectivity index (χ1) is 9.35. The smallest absolute Gasteiger partial charge is 0.0992 e. The summed E-state index contributed by atoms with van der Waals surface area (Å²) in [5.41, 5.74) is 1.89. The Balaban J connectivity index is 1.51. The van der Waals surface area contributed by atoms with E-state index < -0.39 is 0 Å². The molecule has 5 atom stereocenters. The SMILES string of the molecule is N#Cc1cccc(NC2CC3CC2C2CCCC32)c1. The summed E-state index contributed by atoms with van der Waals surface area (Å²) < 4.78 is 0. The van der Waals surface area contributed by atoms with Gasteiger partial charge >= 0.3 is 0 Å². The third-order valence-electron chi connectivity index (χ3n) is 5.77. The number of nitriles is 1. The van der Waals surface area contributed by atoms with E-state index in [4.69, 9.17) is 5.26 Å². The Hall–Kier alpha value is -1.49. The zero-order valence-electron chi connectivity index (χ0n) is 11.2. The molecule has 0 amide bonds. The number of hydrogen-bond acceptors (Lipinski definition) is 2. The molecule has 0 radical (unpaired) electrons. The second-order valence-corrected chi connectivity index (χ2v) is 6.60. The van der Waals surface area contributed by atoms with Gasteiger partial charge in [0.25, 0.3) is 0 Å². The summed E-state index contributed by atoms with van der Waals surface area (Å²) in [6, 6.07) is 10.8. The summed E-state index contributed by atoms with van der Waals surface area (Å²) in [5.74, 6) is 3.92. The van der Waals surface area contributed by atoms with Crippen LogP contribution in [0.2, 0.25) is 0 Å². The van der Waals surface area contributed by atoms with Gasteiger partial charge in [-0.2, -0.15) is 5.26 Å². The molecule has 5 unspecified atom stereocenters. The number of anilines is 1. The molecule has 0 aliphatic heterocycles. The summed E-state index contributed by atoms with van der Waals surface area (Å²) in [4.78, 5) is 0. The molecule has 3 fully saturated rings. The topological polar surface area (TPSA) is 35.8 Å². The second kappa shape index (κ2) is 4.27. The van der Waals surface area contributed by atoms with Crippen molar-refractivity contribution in [2.24, 2.45) is 23.7 Å². The molecule has 98 valence electrons. The highest BCUT2D eigenvalue weighted by molar-refractivity contribution is 5.50. The Labute approximate surface area is 114 Å². The van der Waals surface area contributed by atoms with E-state index in [0.29, 0.717) is 6.04 Å². The van der Waals surface area contributed by atoms with Gasteiger partial charge in [-0.3, -0.25) is 0 Å². The molecule has 2 heteroatoms. The summed E-state index contributed by atoms with van der Waals surface area (Å²) >= 11 is 0. The van der Waals surface area contributed by atoms with E-state index in [0.717, 1.165) is 34.9 Å². The van der Waals surface area contributed by atoms with Crippen LogP contribution in [0, 0.1) is 35.0 Å². The highest BCUT2D eigenvalue weighted by Crippen LogP contribution is 2.59. The molecule has 1 N–H and O–H groups in total. The maximum Gasteiger partial charge on any atom is 0.0992 e. The van der Waals surface area contributed by atoms with Gasteiger partial charge in [-0.1, -0.05) is 12.5 Å². The minimum absolute atomic E-state index is 0.651. The molecule has 0 aromatic heterocycles. The lowest BCUT2D eigenvalue weighted by atomic mass is 9.79. The van der Waals surface area contributed by atoms with Crippen LogP contribution in [0.3, 0.4) is 0 Å². The van der Waals surface area contributed by atoms with Crippen LogP contribution >= 0.6 is 0 Å². The molecule has 1 aromatic rings. The molecular weight excluding hydrogens is 232 g/mol. The Morgan fingerprint density at radius 1 is 1.11 bits per heavy atom. The van der Waals surface area contributed by atoms with Crippen molar-refractivity contribution in [1.82, 2.24) is 0 Å². The van der Waals surface area contributed by atoms with Gasteiger partial charge in [-0.15, -0.1) is 0 Å². The largest absolute Gasteiger partial charge is 0.382 e. The van der Waals surface area contributed by atoms with E-state index in [1.165, 1.54) is 32.1 Å². The van der Waals surface area contributed by atoms with Crippen LogP contribution < -0.4 is 5.32 Å². The van der Waals surface area contributed by atoms with Crippen LogP contribution in [0.1, 0.15) is 37.7 Å². The fourth-order valence-corrected chi connectivity index (χ4v) is 5.13. The molecule has 3 aliphatic rings. The fraction of sp³-hybridized carbons (Fsp3) is 0.588. The van der Waals surface area contributed by atoms with E-state index in [2.05, 4.69) is 17.5 Å². The van der Waals surface area contributed by atoms with Gasteiger partial charge in [0.1, 0.15) is 0 Å². The van der Waals surface area contributed by atoms with Gasteiger partial charge in [-0.25, -0.2) is 0 Å². The number of rotatable bonds is 2. The quantitative estimate of drug-likeness (QED) is 0.869. The molecule has 3 saturated carbocycles. The van der Waals surface area contributed by atoms with Gasteiger partial charge in [0.15, 0.2) is 0 Å². The molecule has 0 heterocycles. The fourth-order valence-electron chi connectivity index (χ4n) is 5.13. The van der Waals surface area contributed by atoms with Gasteiger partial charge in [0, 0.05) is 11.7 Å². The maximum atomic E-state index is 8.97. The lowest BCUT2D eigenvalue weighted by molar-refractivity contribution is 0.243. The number of nitrogens with zero attached hydrogens (tertiary/aromatic N) is 1. The third kappa shape index (κ3) is 1.75. The summed E-state index contributed by atoms with van der Waals surface area (Å²) in [5, 5.41) is 12.7. The predicted molar refractivity (Wildman–Crippen MR) is 75.6 cm³/mol. The summed E-state index contributed by atoms with van der Waals surface area (Å²) in [6.07, 6.45) is 7.21. The van der Waals surface area contributed by atoms with E-state index in [-0.39, 0.29) is 0 Å². The Morgan fingerprint density at radius 2 is 2.00 bits per heavy atom. The molecule has 2 bridgehead atoms. The standard InChI is InChI=1S/C17H20N2/c18-10-11-3-1-4-13(7-11)19-17-9-12-8-16(17)15-6-2-5-14(12)15/h1,3-4,7,12,14-17,19H,2,5-6,8-9H2. The summed E-state index contributed by atoms with van der Waals surface area (Å²) in [6.45, 7) is 0. The van der Waals surface area contributed by atoms with Gasteiger partial charge in [-0.05, 0) is 67.6 Å². The van der Waals surface area contributed by atoms with Crippen LogP contribution in [0.5, 0.6) is 0 Å². The van der Waals surface area contributed by atoms with Crippen molar-refractivity contribution in [3.8, 4) is 6.07 Å². The third-order valence-corrected chi connectivity index (χ3v) is 5.77. The van der Waals surface area contributed by atoms with Crippen molar-refractivity contribution in [2.45, 2.75) is 38.1 Å². The first-order valence-corrected chi connectivity index (χ1v) is 7.62. The maximum absolute atomic E-state index is 8.97. The Kier molecular flexibility index (Phi) is 2.55. The molecular formula is C17H20N2. The highest BCUT2D eigenvalue weighted by atomic mass is 14.9. The van der Waals surface area contributed by atoms with Crippen LogP contribution in [0.4, 0.5) is 5.69 Å². The van der Waals surface area contributed by atoms with Gasteiger partial charge < -0.3 is 5.32 Å². The molecule has 0 saturated heterocycles. The predicted octanol–water partition coefficient (Wildman–Crippen LogP) is 3.79. The lowest BCUT2D eigenvalue weighted by Crippen LogP contribution is -2.33. The van der Waals surface area contributed by atoms with E-state index in [1.54, 1.807) is 0 Å². The van der Waals surface area contributed by atoms with Crippen LogP contribution in [0.15, 0.2) is 24.3 Å². The molecule has 2 nitrogen and oxygen atoms in total. The molecule has 1 aromatic carbocycles. The monoisotopic (exact) mass is 252 g/mol. The summed E-state index contributed by atoms with van der Waals surface area (Å²) in [7, 11) is 0. The van der Waals surface area contributed by atoms with Crippen molar-refractivity contribution in [2.75, 3.05) is 5.32 Å². The minimum Gasteiger partial charge on any atom is -0.382 e. The van der Waals surface area contributed by atoms with Crippen molar-refractivity contribution < 1.29 is 0 Å². The average Bonchev–Trinajstić information content (AvgIpc) is 3.10. The zero-order valence-corrected chi connectivity index (χ0v) is 11.2. The number of fused-ring (bicyclic) bond motifs is 5. The van der Waals surface area contributed by atoms with Crippen molar-refractivity contribution >= 4 is 5.69 Å². The lowest BCUT2D eigenvalue weighted by Gasteiger charge is -2.32. The average molecular weight is 252 g/mol. The molecule has 4 rings (SSSR count). The van der Waals surface area contributed by atoms with Gasteiger partial charge in [0.2, 0.25) is 0 Å². The van der Waals surface area contributed by atoms with Crippen molar-refractivity contribution in [3.63, 3.8) is 0 Å². The first kappa shape index (κ1) is 11.3. The van der Waals surface area contributed by atoms with Crippen molar-refractivity contribution in [3.05, 3.63) is 29.8 Å². The Morgan fingerprint density at radius 3 is 2.89 bits per heavy atom. The Bertz CT molecular complexity index is 530. The van der Waals surface area contributed by atoms with E-state index >= 15 is 0 Å². The first-order valence-electron chi connectivity index (χ1n) is 7.62. The zero-order chi connectivity index (χ0) is 12.8. The van der Waals surface area contributed by atoms with Crippen LogP contribution in [-0.4, -0.2) is 6.04 Å². The minimum atomic E-state index is 0.651. The molecule has 19 heavy (non-hydrogen) atoms. The normalized spacial score (nSPS) is 39.0. The second-order valence-electron chi connectivity index (χ2n) is 6.60. The van der Waals surface area contributed by atoms with Crippen LogP contribution in [-0.2, 0) is 0 Å². The van der Waals surface area contributed by atoms with E-state index in [9.17, 15) is 0 Å². The van der Waals surface area contributed by atoms with Crippen LogP contribution in [0.25, 0.3) is 0 Å². The number of benzene rings is 1. The molecule has 0 spiro atoms. The van der Waals surface area contributed by atoms with Crippen molar-refractivity contribution in [1.29, 1.82) is 5.26 Å².